The van der Waals surface area contributed by atoms with Crippen molar-refractivity contribution < 1.29 is 19.8 Å². The number of carboxylic acid groups (broad SMARTS) is 2. The maximum Gasteiger partial charge on any atom is 0.336 e. The summed E-state index contributed by atoms with van der Waals surface area (Å²) in [6.07, 6.45) is 0. The van der Waals surface area contributed by atoms with E-state index in [1.165, 1.54) is 6.07 Å². The molecule has 5 nitrogen and oxygen atoms in total. The largest absolute Gasteiger partial charge is 0.480 e. The van der Waals surface area contributed by atoms with E-state index in [4.69, 9.17) is 10.2 Å². The van der Waals surface area contributed by atoms with E-state index >= 15 is 0 Å². The molecule has 0 amide bonds. The van der Waals surface area contributed by atoms with Crippen molar-refractivity contribution >= 4 is 11.9 Å². The summed E-state index contributed by atoms with van der Waals surface area (Å²) < 4.78 is 0. The van der Waals surface area contributed by atoms with Gasteiger partial charge in [0.15, 0.2) is 0 Å². The molecule has 0 radical (unpaired) electrons. The lowest BCUT2D eigenvalue weighted by atomic mass is 10.0. The van der Waals surface area contributed by atoms with Crippen molar-refractivity contribution in [2.75, 3.05) is 0 Å². The molecule has 0 bridgehead atoms. The average molecular weight is 251 g/mol. The van der Waals surface area contributed by atoms with E-state index in [0.717, 1.165) is 0 Å². The molecule has 0 saturated carbocycles. The Kier molecular flexibility index (Phi) is 4.85. The van der Waals surface area contributed by atoms with Crippen molar-refractivity contribution in [3.05, 3.63) is 35.4 Å². The van der Waals surface area contributed by atoms with Gasteiger partial charge in [-0.15, -0.1) is 0 Å². The highest BCUT2D eigenvalue weighted by molar-refractivity contribution is 5.89. The molecule has 3 N–H and O–H groups in total. The van der Waals surface area contributed by atoms with E-state index in [1.54, 1.807) is 32.0 Å². The summed E-state index contributed by atoms with van der Waals surface area (Å²) in [5.74, 6) is -2.01. The van der Waals surface area contributed by atoms with E-state index in [1.807, 2.05) is 0 Å². The van der Waals surface area contributed by atoms with Gasteiger partial charge < -0.3 is 15.5 Å². The summed E-state index contributed by atoms with van der Waals surface area (Å²) in [6.45, 7) is 3.82. The van der Waals surface area contributed by atoms with Gasteiger partial charge in [0.2, 0.25) is 0 Å². The van der Waals surface area contributed by atoms with Gasteiger partial charge in [0, 0.05) is 6.54 Å². The summed E-state index contributed by atoms with van der Waals surface area (Å²) in [7, 11) is 0. The first-order valence-electron chi connectivity index (χ1n) is 5.71. The van der Waals surface area contributed by atoms with Crippen molar-refractivity contribution in [2.24, 2.45) is 5.92 Å². The van der Waals surface area contributed by atoms with Crippen LogP contribution in [0.5, 0.6) is 0 Å². The molecular formula is C13H17NO4. The average Bonchev–Trinajstić information content (AvgIpc) is 2.28. The minimum absolute atomic E-state index is 0.0699. The number of aliphatic carboxylic acids is 1. The third-order valence-electron chi connectivity index (χ3n) is 2.69. The molecule has 0 aromatic heterocycles. The Morgan fingerprint density at radius 1 is 1.22 bits per heavy atom. The second-order valence-electron chi connectivity index (χ2n) is 4.40. The van der Waals surface area contributed by atoms with Crippen molar-refractivity contribution in [2.45, 2.75) is 26.4 Å². The van der Waals surface area contributed by atoms with Crippen LogP contribution in [-0.4, -0.2) is 28.2 Å². The molecule has 1 atom stereocenters. The zero-order chi connectivity index (χ0) is 13.7. The maximum atomic E-state index is 11.0. The first-order valence-corrected chi connectivity index (χ1v) is 5.71. The number of nitrogens with one attached hydrogen (secondary N) is 1. The predicted molar refractivity (Wildman–Crippen MR) is 66.5 cm³/mol. The number of carbonyl (C=O) groups is 2. The number of aromatic carboxylic acids is 1. The number of rotatable bonds is 6. The highest BCUT2D eigenvalue weighted by Gasteiger charge is 2.21. The zero-order valence-corrected chi connectivity index (χ0v) is 10.4. The van der Waals surface area contributed by atoms with E-state index < -0.39 is 18.0 Å². The van der Waals surface area contributed by atoms with Crippen molar-refractivity contribution in [1.29, 1.82) is 0 Å². The van der Waals surface area contributed by atoms with E-state index in [9.17, 15) is 9.59 Å². The van der Waals surface area contributed by atoms with Crippen LogP contribution in [0.1, 0.15) is 29.8 Å². The number of carboxylic acids is 2. The highest BCUT2D eigenvalue weighted by atomic mass is 16.4. The Morgan fingerprint density at radius 2 is 1.83 bits per heavy atom. The number of benzene rings is 1. The monoisotopic (exact) mass is 251 g/mol. The molecule has 0 fully saturated rings. The summed E-state index contributed by atoms with van der Waals surface area (Å²) >= 11 is 0. The Bertz CT molecular complexity index is 442. The first kappa shape index (κ1) is 14.2. The van der Waals surface area contributed by atoms with Gasteiger partial charge >= 0.3 is 11.9 Å². The van der Waals surface area contributed by atoms with Gasteiger partial charge in [-0.1, -0.05) is 32.0 Å². The molecule has 1 rings (SSSR count). The molecular weight excluding hydrogens is 234 g/mol. The van der Waals surface area contributed by atoms with Crippen LogP contribution in [0.4, 0.5) is 0 Å². The molecule has 98 valence electrons. The Balaban J connectivity index is 2.79. The topological polar surface area (TPSA) is 86.6 Å². The summed E-state index contributed by atoms with van der Waals surface area (Å²) in [5, 5.41) is 20.9. The SMILES string of the molecule is CC(C)C(NCc1ccccc1C(=O)O)C(=O)O. The third-order valence-corrected chi connectivity index (χ3v) is 2.69. The van der Waals surface area contributed by atoms with Crippen LogP contribution in [0.2, 0.25) is 0 Å². The Morgan fingerprint density at radius 3 is 2.33 bits per heavy atom. The predicted octanol–water partition coefficient (Wildman–Crippen LogP) is 1.58. The van der Waals surface area contributed by atoms with Gasteiger partial charge in [0.25, 0.3) is 0 Å². The van der Waals surface area contributed by atoms with Crippen LogP contribution in [0.3, 0.4) is 0 Å². The van der Waals surface area contributed by atoms with E-state index in [2.05, 4.69) is 5.32 Å². The zero-order valence-electron chi connectivity index (χ0n) is 10.4. The molecule has 0 aliphatic heterocycles. The van der Waals surface area contributed by atoms with Crippen LogP contribution in [0.25, 0.3) is 0 Å². The molecule has 0 heterocycles. The minimum atomic E-state index is -1.01. The molecule has 1 aromatic carbocycles. The fraction of sp³-hybridized carbons (Fsp3) is 0.385. The van der Waals surface area contributed by atoms with Gasteiger partial charge in [0.05, 0.1) is 5.56 Å². The van der Waals surface area contributed by atoms with Crippen molar-refractivity contribution in [1.82, 2.24) is 5.32 Å². The minimum Gasteiger partial charge on any atom is -0.480 e. The fourth-order valence-corrected chi connectivity index (χ4v) is 1.71. The smallest absolute Gasteiger partial charge is 0.336 e. The molecule has 1 aromatic rings. The maximum absolute atomic E-state index is 11.0. The van der Waals surface area contributed by atoms with Crippen molar-refractivity contribution in [3.63, 3.8) is 0 Å². The lowest BCUT2D eigenvalue weighted by molar-refractivity contribution is -0.140. The Labute approximate surface area is 105 Å². The van der Waals surface area contributed by atoms with Gasteiger partial charge in [-0.25, -0.2) is 4.79 Å². The van der Waals surface area contributed by atoms with Gasteiger partial charge in [0.1, 0.15) is 6.04 Å². The molecule has 0 aliphatic carbocycles. The van der Waals surface area contributed by atoms with Crippen LogP contribution in [0, 0.1) is 5.92 Å². The van der Waals surface area contributed by atoms with Gasteiger partial charge in [-0.2, -0.15) is 0 Å². The van der Waals surface area contributed by atoms with Crippen LogP contribution in [0.15, 0.2) is 24.3 Å². The van der Waals surface area contributed by atoms with Gasteiger partial charge in [-0.3, -0.25) is 4.79 Å². The molecule has 5 heteroatoms. The molecule has 18 heavy (non-hydrogen) atoms. The van der Waals surface area contributed by atoms with Crippen LogP contribution >= 0.6 is 0 Å². The number of hydrogen-bond donors (Lipinski definition) is 3. The third kappa shape index (κ3) is 3.56. The van der Waals surface area contributed by atoms with Crippen LogP contribution in [-0.2, 0) is 11.3 Å². The quantitative estimate of drug-likeness (QED) is 0.714. The van der Waals surface area contributed by atoms with E-state index in [0.29, 0.717) is 5.56 Å². The van der Waals surface area contributed by atoms with E-state index in [-0.39, 0.29) is 18.0 Å². The standard InChI is InChI=1S/C13H17NO4/c1-8(2)11(13(17)18)14-7-9-5-3-4-6-10(9)12(15)16/h3-6,8,11,14H,7H2,1-2H3,(H,15,16)(H,17,18). The lowest BCUT2D eigenvalue weighted by Gasteiger charge is -2.18. The van der Waals surface area contributed by atoms with Crippen molar-refractivity contribution in [3.8, 4) is 0 Å². The van der Waals surface area contributed by atoms with Crippen LogP contribution < -0.4 is 5.32 Å². The summed E-state index contributed by atoms with van der Waals surface area (Å²) in [6, 6.07) is 5.87. The lowest BCUT2D eigenvalue weighted by Crippen LogP contribution is -2.40. The highest BCUT2D eigenvalue weighted by Crippen LogP contribution is 2.10. The first-order chi connectivity index (χ1) is 8.43. The second-order valence-corrected chi connectivity index (χ2v) is 4.40. The summed E-state index contributed by atoms with van der Waals surface area (Å²) in [4.78, 5) is 22.0. The normalized spacial score (nSPS) is 12.4. The fourth-order valence-electron chi connectivity index (χ4n) is 1.71. The number of hydrogen-bond acceptors (Lipinski definition) is 3. The van der Waals surface area contributed by atoms with Gasteiger partial charge in [-0.05, 0) is 17.5 Å². The molecule has 0 saturated heterocycles. The molecule has 0 spiro atoms. The second kappa shape index (κ2) is 6.16. The molecule has 0 aliphatic rings. The Hall–Kier alpha value is -1.88. The molecule has 1 unspecified atom stereocenters. The summed E-state index contributed by atoms with van der Waals surface area (Å²) in [5.41, 5.74) is 0.773.